The molecule has 0 saturated carbocycles. The molecule has 0 saturated heterocycles. The minimum atomic E-state index is -0.602. The van der Waals surface area contributed by atoms with Crippen molar-refractivity contribution in [3.8, 4) is 5.75 Å². The van der Waals surface area contributed by atoms with Gasteiger partial charge in [-0.05, 0) is 24.6 Å². The number of carbonyl (C=O) groups is 1. The molecule has 0 radical (unpaired) electrons. The van der Waals surface area contributed by atoms with Gasteiger partial charge in [0.15, 0.2) is 11.6 Å². The monoisotopic (exact) mass is 212 g/mol. The summed E-state index contributed by atoms with van der Waals surface area (Å²) in [7, 11) is 0. The smallest absolute Gasteiger partial charge is 0.165 e. The minimum Gasteiger partial charge on any atom is -0.488 e. The Morgan fingerprint density at radius 2 is 2.33 bits per heavy atom. The Morgan fingerprint density at radius 1 is 1.60 bits per heavy atom. The molecule has 1 rings (SSSR count). The summed E-state index contributed by atoms with van der Waals surface area (Å²) in [5, 5.41) is 9.21. The molecule has 4 heteroatoms. The molecular weight excluding hydrogens is 199 g/mol. The van der Waals surface area contributed by atoms with E-state index >= 15 is 0 Å². The molecule has 0 fully saturated rings. The summed E-state index contributed by atoms with van der Waals surface area (Å²) in [6.07, 6.45) is 0.511. The van der Waals surface area contributed by atoms with Crippen LogP contribution in [-0.4, -0.2) is 24.1 Å². The highest BCUT2D eigenvalue weighted by atomic mass is 19.1. The Balaban J connectivity index is 2.65. The molecule has 0 aliphatic rings. The highest BCUT2D eigenvalue weighted by Gasteiger charge is 2.07. The van der Waals surface area contributed by atoms with Crippen LogP contribution in [0.5, 0.6) is 5.75 Å². The maximum Gasteiger partial charge on any atom is 0.165 e. The molecule has 1 unspecified atom stereocenters. The number of rotatable bonds is 5. The number of hydrogen-bond acceptors (Lipinski definition) is 3. The number of aliphatic hydroxyl groups excluding tert-OH is 1. The van der Waals surface area contributed by atoms with Crippen molar-refractivity contribution in [3.05, 3.63) is 29.6 Å². The van der Waals surface area contributed by atoms with Gasteiger partial charge in [0, 0.05) is 5.56 Å². The zero-order chi connectivity index (χ0) is 11.3. The number of carbonyl (C=O) groups excluding carboxylic acids is 1. The summed E-state index contributed by atoms with van der Waals surface area (Å²) in [4.78, 5) is 10.3. The zero-order valence-electron chi connectivity index (χ0n) is 8.44. The summed E-state index contributed by atoms with van der Waals surface area (Å²) in [6, 6.07) is 3.94. The molecule has 1 aromatic rings. The first-order valence-corrected chi connectivity index (χ1v) is 4.73. The molecule has 1 aromatic carbocycles. The summed E-state index contributed by atoms with van der Waals surface area (Å²) in [5.74, 6) is -0.545. The molecule has 0 aliphatic carbocycles. The van der Waals surface area contributed by atoms with Crippen LogP contribution in [0.4, 0.5) is 4.39 Å². The van der Waals surface area contributed by atoms with E-state index in [0.717, 1.165) is 6.07 Å². The fraction of sp³-hybridized carbons (Fsp3) is 0.364. The maximum atomic E-state index is 13.2. The quantitative estimate of drug-likeness (QED) is 0.757. The van der Waals surface area contributed by atoms with E-state index in [4.69, 9.17) is 4.74 Å². The highest BCUT2D eigenvalue weighted by molar-refractivity contribution is 5.74. The predicted molar refractivity (Wildman–Crippen MR) is 53.6 cm³/mol. The molecule has 1 atom stereocenters. The molecule has 0 spiro atoms. The lowest BCUT2D eigenvalue weighted by atomic mass is 10.2. The lowest BCUT2D eigenvalue weighted by Crippen LogP contribution is -2.16. The van der Waals surface area contributed by atoms with Gasteiger partial charge in [-0.15, -0.1) is 0 Å². The number of aldehydes is 1. The fourth-order valence-electron chi connectivity index (χ4n) is 1.01. The van der Waals surface area contributed by atoms with E-state index in [0.29, 0.717) is 12.7 Å². The van der Waals surface area contributed by atoms with Gasteiger partial charge in [0.2, 0.25) is 0 Å². The second-order valence-electron chi connectivity index (χ2n) is 3.18. The Bertz CT molecular complexity index is 339. The molecule has 1 N–H and O–H groups in total. The lowest BCUT2D eigenvalue weighted by Gasteiger charge is -2.10. The second kappa shape index (κ2) is 5.46. The second-order valence-corrected chi connectivity index (χ2v) is 3.18. The van der Waals surface area contributed by atoms with Crippen LogP contribution >= 0.6 is 0 Å². The van der Waals surface area contributed by atoms with E-state index in [2.05, 4.69) is 0 Å². The Kier molecular flexibility index (Phi) is 4.24. The van der Waals surface area contributed by atoms with Crippen LogP contribution in [-0.2, 0) is 0 Å². The van der Waals surface area contributed by atoms with Crippen molar-refractivity contribution in [1.29, 1.82) is 0 Å². The molecule has 3 nitrogen and oxygen atoms in total. The van der Waals surface area contributed by atoms with E-state index in [1.54, 1.807) is 6.92 Å². The molecule has 0 heterocycles. The van der Waals surface area contributed by atoms with E-state index < -0.39 is 11.9 Å². The number of benzene rings is 1. The molecule has 0 amide bonds. The van der Waals surface area contributed by atoms with Gasteiger partial charge < -0.3 is 9.84 Å². The van der Waals surface area contributed by atoms with E-state index in [1.165, 1.54) is 12.1 Å². The van der Waals surface area contributed by atoms with Crippen molar-refractivity contribution in [2.75, 3.05) is 6.61 Å². The Morgan fingerprint density at radius 3 is 2.87 bits per heavy atom. The van der Waals surface area contributed by atoms with Crippen LogP contribution in [0.2, 0.25) is 0 Å². The third-order valence-corrected chi connectivity index (χ3v) is 1.99. The largest absolute Gasteiger partial charge is 0.488 e. The van der Waals surface area contributed by atoms with Crippen LogP contribution in [0.25, 0.3) is 0 Å². The van der Waals surface area contributed by atoms with E-state index in [-0.39, 0.29) is 17.9 Å². The number of aliphatic hydroxyl groups is 1. The van der Waals surface area contributed by atoms with E-state index in [1.807, 2.05) is 0 Å². The standard InChI is InChI=1S/C11H13FO3/c1-2-9(14)7-15-11-4-3-8(6-13)5-10(11)12/h3-6,9,14H,2,7H2,1H3. The normalized spacial score (nSPS) is 12.2. The average Bonchev–Trinajstić information content (AvgIpc) is 2.26. The van der Waals surface area contributed by atoms with Gasteiger partial charge in [-0.2, -0.15) is 0 Å². The summed E-state index contributed by atoms with van der Waals surface area (Å²) < 4.78 is 18.3. The third-order valence-electron chi connectivity index (χ3n) is 1.99. The Labute approximate surface area is 87.5 Å². The summed E-state index contributed by atoms with van der Waals surface area (Å²) in [6.45, 7) is 1.85. The first-order chi connectivity index (χ1) is 7.17. The molecule has 0 aromatic heterocycles. The van der Waals surface area contributed by atoms with Crippen molar-refractivity contribution < 1.29 is 19.0 Å². The van der Waals surface area contributed by atoms with Gasteiger partial charge in [0.1, 0.15) is 12.9 Å². The van der Waals surface area contributed by atoms with Crippen LogP contribution in [0.3, 0.4) is 0 Å². The maximum absolute atomic E-state index is 13.2. The number of halogens is 1. The van der Waals surface area contributed by atoms with Crippen molar-refractivity contribution in [2.45, 2.75) is 19.4 Å². The van der Waals surface area contributed by atoms with Gasteiger partial charge in [-0.25, -0.2) is 4.39 Å². The van der Waals surface area contributed by atoms with Crippen molar-refractivity contribution in [3.63, 3.8) is 0 Å². The summed E-state index contributed by atoms with van der Waals surface area (Å²) in [5.41, 5.74) is 0.260. The number of hydrogen-bond donors (Lipinski definition) is 1. The van der Waals surface area contributed by atoms with Gasteiger partial charge in [-0.1, -0.05) is 6.92 Å². The lowest BCUT2D eigenvalue weighted by molar-refractivity contribution is 0.102. The van der Waals surface area contributed by atoms with Crippen molar-refractivity contribution in [2.24, 2.45) is 0 Å². The molecule has 0 aliphatic heterocycles. The minimum absolute atomic E-state index is 0.0492. The van der Waals surface area contributed by atoms with Gasteiger partial charge >= 0.3 is 0 Å². The predicted octanol–water partition coefficient (Wildman–Crippen LogP) is 1.79. The van der Waals surface area contributed by atoms with Crippen LogP contribution in [0.15, 0.2) is 18.2 Å². The van der Waals surface area contributed by atoms with Gasteiger partial charge in [0.05, 0.1) is 6.10 Å². The van der Waals surface area contributed by atoms with Gasteiger partial charge in [-0.3, -0.25) is 4.79 Å². The van der Waals surface area contributed by atoms with Crippen molar-refractivity contribution in [1.82, 2.24) is 0 Å². The molecule has 15 heavy (non-hydrogen) atoms. The molecule has 0 bridgehead atoms. The Hall–Kier alpha value is -1.42. The fourth-order valence-corrected chi connectivity index (χ4v) is 1.01. The molecular formula is C11H13FO3. The first kappa shape index (κ1) is 11.7. The van der Waals surface area contributed by atoms with Gasteiger partial charge in [0.25, 0.3) is 0 Å². The highest BCUT2D eigenvalue weighted by Crippen LogP contribution is 2.17. The third kappa shape index (κ3) is 3.32. The topological polar surface area (TPSA) is 46.5 Å². The number of ether oxygens (including phenoxy) is 1. The molecule has 82 valence electrons. The zero-order valence-corrected chi connectivity index (χ0v) is 8.44. The van der Waals surface area contributed by atoms with Crippen LogP contribution in [0.1, 0.15) is 23.7 Å². The van der Waals surface area contributed by atoms with E-state index in [9.17, 15) is 14.3 Å². The summed E-state index contributed by atoms with van der Waals surface area (Å²) >= 11 is 0. The van der Waals surface area contributed by atoms with Crippen LogP contribution < -0.4 is 4.74 Å². The SMILES string of the molecule is CCC(O)COc1ccc(C=O)cc1F. The van der Waals surface area contributed by atoms with Crippen molar-refractivity contribution >= 4 is 6.29 Å². The average molecular weight is 212 g/mol. The first-order valence-electron chi connectivity index (χ1n) is 4.73. The van der Waals surface area contributed by atoms with Crippen LogP contribution in [0, 0.1) is 5.82 Å².